The van der Waals surface area contributed by atoms with E-state index in [9.17, 15) is 9.59 Å². The van der Waals surface area contributed by atoms with Crippen LogP contribution < -0.4 is 0 Å². The maximum Gasteiger partial charge on any atom is 0.339 e. The summed E-state index contributed by atoms with van der Waals surface area (Å²) < 4.78 is 4.75. The molecule has 0 bridgehead atoms. The van der Waals surface area contributed by atoms with E-state index in [1.165, 1.54) is 7.11 Å². The number of methoxy groups -OCH3 is 1. The summed E-state index contributed by atoms with van der Waals surface area (Å²) in [6.45, 7) is 4.05. The number of esters is 1. The number of carbonyl (C=O) groups excluding carboxylic acids is 2. The highest BCUT2D eigenvalue weighted by atomic mass is 32.1. The molecule has 0 fully saturated rings. The van der Waals surface area contributed by atoms with Gasteiger partial charge in [-0.25, -0.2) is 4.79 Å². The number of amides is 1. The molecule has 0 spiro atoms. The van der Waals surface area contributed by atoms with E-state index < -0.39 is 5.97 Å². The molecule has 0 saturated carbocycles. The van der Waals surface area contributed by atoms with Gasteiger partial charge in [-0.05, 0) is 30.9 Å². The summed E-state index contributed by atoms with van der Waals surface area (Å²) in [7, 11) is 3.08. The van der Waals surface area contributed by atoms with Crippen LogP contribution >= 0.6 is 11.3 Å². The van der Waals surface area contributed by atoms with Gasteiger partial charge in [0, 0.05) is 17.6 Å². The maximum atomic E-state index is 12.5. The molecule has 0 saturated heterocycles. The summed E-state index contributed by atoms with van der Waals surface area (Å²) in [5, 5.41) is 1.98. The Morgan fingerprint density at radius 2 is 2.10 bits per heavy atom. The molecule has 0 aliphatic heterocycles. The second kappa shape index (κ2) is 6.13. The molecule has 1 N–H and O–H groups in total. The lowest BCUT2D eigenvalue weighted by atomic mass is 10.1. The van der Waals surface area contributed by atoms with Gasteiger partial charge in [0.25, 0.3) is 5.91 Å². The predicted molar refractivity (Wildman–Crippen MR) is 81.7 cm³/mol. The summed E-state index contributed by atoms with van der Waals surface area (Å²) in [6, 6.07) is 3.94. The van der Waals surface area contributed by atoms with Gasteiger partial charge < -0.3 is 14.6 Å². The molecule has 0 atom stereocenters. The van der Waals surface area contributed by atoms with Crippen LogP contribution in [0.15, 0.2) is 17.5 Å². The molecule has 0 aliphatic rings. The SMILES string of the molecule is COC(=O)c1c(C)[nH]c(C(=O)N(C)Cc2cccs2)c1C. The second-order valence-corrected chi connectivity index (χ2v) is 5.89. The zero-order valence-electron chi connectivity index (χ0n) is 12.5. The van der Waals surface area contributed by atoms with Gasteiger partial charge in [-0.3, -0.25) is 4.79 Å². The van der Waals surface area contributed by atoms with E-state index in [1.807, 2.05) is 17.5 Å². The second-order valence-electron chi connectivity index (χ2n) is 4.86. The van der Waals surface area contributed by atoms with Crippen molar-refractivity contribution in [2.75, 3.05) is 14.2 Å². The number of hydrogen-bond donors (Lipinski definition) is 1. The Hall–Kier alpha value is -2.08. The van der Waals surface area contributed by atoms with E-state index in [0.717, 1.165) is 4.88 Å². The Morgan fingerprint density at radius 1 is 1.38 bits per heavy atom. The van der Waals surface area contributed by atoms with Crippen LogP contribution in [-0.4, -0.2) is 35.9 Å². The molecule has 2 rings (SSSR count). The van der Waals surface area contributed by atoms with Crippen molar-refractivity contribution in [3.05, 3.63) is 44.9 Å². The van der Waals surface area contributed by atoms with E-state index >= 15 is 0 Å². The van der Waals surface area contributed by atoms with Crippen LogP contribution in [0.1, 0.15) is 37.0 Å². The van der Waals surface area contributed by atoms with E-state index in [0.29, 0.717) is 29.1 Å². The number of nitrogens with one attached hydrogen (secondary N) is 1. The quantitative estimate of drug-likeness (QED) is 0.884. The number of aromatic nitrogens is 1. The van der Waals surface area contributed by atoms with Gasteiger partial charge in [0.05, 0.1) is 19.2 Å². The van der Waals surface area contributed by atoms with Crippen molar-refractivity contribution in [2.45, 2.75) is 20.4 Å². The Bertz CT molecular complexity index is 659. The number of aryl methyl sites for hydroxylation is 1. The Labute approximate surface area is 127 Å². The number of aromatic amines is 1. The van der Waals surface area contributed by atoms with Crippen LogP contribution in [0, 0.1) is 13.8 Å². The van der Waals surface area contributed by atoms with E-state index in [4.69, 9.17) is 4.74 Å². The highest BCUT2D eigenvalue weighted by molar-refractivity contribution is 7.09. The molecule has 21 heavy (non-hydrogen) atoms. The van der Waals surface area contributed by atoms with Crippen molar-refractivity contribution >= 4 is 23.2 Å². The summed E-state index contributed by atoms with van der Waals surface area (Å²) in [4.78, 5) is 30.0. The molecule has 2 aromatic heterocycles. The minimum Gasteiger partial charge on any atom is -0.465 e. The van der Waals surface area contributed by atoms with E-state index in [1.54, 1.807) is 37.1 Å². The van der Waals surface area contributed by atoms with Crippen LogP contribution in [0.25, 0.3) is 0 Å². The van der Waals surface area contributed by atoms with Gasteiger partial charge >= 0.3 is 5.97 Å². The highest BCUT2D eigenvalue weighted by Gasteiger charge is 2.24. The molecular weight excluding hydrogens is 288 g/mol. The molecule has 2 aromatic rings. The van der Waals surface area contributed by atoms with Crippen molar-refractivity contribution < 1.29 is 14.3 Å². The normalized spacial score (nSPS) is 10.5. The Kier molecular flexibility index (Phi) is 4.47. The van der Waals surface area contributed by atoms with Crippen LogP contribution in [0.4, 0.5) is 0 Å². The predicted octanol–water partition coefficient (Wildman–Crippen LogP) is 2.75. The fraction of sp³-hybridized carbons (Fsp3) is 0.333. The number of rotatable bonds is 4. The van der Waals surface area contributed by atoms with Gasteiger partial charge in [-0.2, -0.15) is 0 Å². The molecule has 1 amide bonds. The summed E-state index contributed by atoms with van der Waals surface area (Å²) >= 11 is 1.61. The van der Waals surface area contributed by atoms with Gasteiger partial charge in [0.15, 0.2) is 0 Å². The number of nitrogens with zero attached hydrogens (tertiary/aromatic N) is 1. The lowest BCUT2D eigenvalue weighted by Gasteiger charge is -2.16. The molecule has 0 radical (unpaired) electrons. The van der Waals surface area contributed by atoms with Gasteiger partial charge in [-0.15, -0.1) is 11.3 Å². The van der Waals surface area contributed by atoms with E-state index in [2.05, 4.69) is 4.98 Å². The number of ether oxygens (including phenoxy) is 1. The molecule has 0 aromatic carbocycles. The van der Waals surface area contributed by atoms with Crippen molar-refractivity contribution in [1.29, 1.82) is 0 Å². The molecule has 112 valence electrons. The van der Waals surface area contributed by atoms with Crippen LogP contribution in [0.3, 0.4) is 0 Å². The number of carbonyl (C=O) groups is 2. The molecule has 6 heteroatoms. The monoisotopic (exact) mass is 306 g/mol. The summed E-state index contributed by atoms with van der Waals surface area (Å²) in [6.07, 6.45) is 0. The molecule has 5 nitrogen and oxygen atoms in total. The lowest BCUT2D eigenvalue weighted by molar-refractivity contribution is 0.0599. The highest BCUT2D eigenvalue weighted by Crippen LogP contribution is 2.21. The Morgan fingerprint density at radius 3 is 2.67 bits per heavy atom. The first-order chi connectivity index (χ1) is 9.95. The zero-order chi connectivity index (χ0) is 15.6. The lowest BCUT2D eigenvalue weighted by Crippen LogP contribution is -2.26. The third-order valence-electron chi connectivity index (χ3n) is 3.36. The first kappa shape index (κ1) is 15.3. The van der Waals surface area contributed by atoms with Gasteiger partial charge in [-0.1, -0.05) is 6.07 Å². The van der Waals surface area contributed by atoms with Crippen LogP contribution in [0.2, 0.25) is 0 Å². The molecular formula is C15H18N2O3S. The van der Waals surface area contributed by atoms with Crippen molar-refractivity contribution in [1.82, 2.24) is 9.88 Å². The third kappa shape index (κ3) is 3.00. The summed E-state index contributed by atoms with van der Waals surface area (Å²) in [5.74, 6) is -0.569. The smallest absolute Gasteiger partial charge is 0.339 e. The number of hydrogen-bond acceptors (Lipinski definition) is 4. The standard InChI is InChI=1S/C15H18N2O3S/c1-9-12(15(19)20-4)10(2)16-13(9)14(18)17(3)8-11-6-5-7-21-11/h5-7,16H,8H2,1-4H3. The molecule has 0 aliphatic carbocycles. The van der Waals surface area contributed by atoms with Crippen LogP contribution in [0.5, 0.6) is 0 Å². The first-order valence-electron chi connectivity index (χ1n) is 6.51. The average molecular weight is 306 g/mol. The average Bonchev–Trinajstić information content (AvgIpc) is 3.05. The van der Waals surface area contributed by atoms with E-state index in [-0.39, 0.29) is 5.91 Å². The van der Waals surface area contributed by atoms with Gasteiger partial charge in [0.2, 0.25) is 0 Å². The van der Waals surface area contributed by atoms with Crippen molar-refractivity contribution in [3.63, 3.8) is 0 Å². The third-order valence-corrected chi connectivity index (χ3v) is 4.22. The summed E-state index contributed by atoms with van der Waals surface area (Å²) in [5.41, 5.74) is 2.15. The number of H-pyrrole nitrogens is 1. The fourth-order valence-electron chi connectivity index (χ4n) is 2.27. The largest absolute Gasteiger partial charge is 0.465 e. The Balaban J connectivity index is 2.25. The molecule has 2 heterocycles. The number of thiophene rings is 1. The topological polar surface area (TPSA) is 62.4 Å². The van der Waals surface area contributed by atoms with Gasteiger partial charge in [0.1, 0.15) is 5.69 Å². The molecule has 0 unspecified atom stereocenters. The van der Waals surface area contributed by atoms with Crippen molar-refractivity contribution in [3.8, 4) is 0 Å². The van der Waals surface area contributed by atoms with Crippen LogP contribution in [-0.2, 0) is 11.3 Å². The first-order valence-corrected chi connectivity index (χ1v) is 7.39. The maximum absolute atomic E-state index is 12.5. The minimum atomic E-state index is -0.429. The fourth-order valence-corrected chi connectivity index (χ4v) is 3.03. The zero-order valence-corrected chi connectivity index (χ0v) is 13.3. The van der Waals surface area contributed by atoms with Crippen molar-refractivity contribution in [2.24, 2.45) is 0 Å². The minimum absolute atomic E-state index is 0.140.